The number of halogens is 2. The highest BCUT2D eigenvalue weighted by atomic mass is 79.9. The van der Waals surface area contributed by atoms with Gasteiger partial charge in [-0.3, -0.25) is 14.5 Å². The molecule has 3 nitrogen and oxygen atoms in total. The van der Waals surface area contributed by atoms with E-state index in [-0.39, 0.29) is 18.4 Å². The largest absolute Gasteiger partial charge is 0.278 e. The minimum absolute atomic E-state index is 0.0168. The number of benzene rings is 1. The Morgan fingerprint density at radius 1 is 1.24 bits per heavy atom. The number of hydrogen-bond donors (Lipinski definition) is 0. The van der Waals surface area contributed by atoms with Crippen molar-refractivity contribution in [1.29, 1.82) is 0 Å². The van der Waals surface area contributed by atoms with Crippen molar-refractivity contribution < 1.29 is 14.0 Å². The average molecular weight is 300 g/mol. The minimum Gasteiger partial charge on any atom is -0.278 e. The first kappa shape index (κ1) is 12.2. The van der Waals surface area contributed by atoms with Crippen LogP contribution < -0.4 is 0 Å². The molecule has 0 aliphatic carbocycles. The van der Waals surface area contributed by atoms with E-state index in [0.717, 1.165) is 9.37 Å². The Balaban J connectivity index is 2.21. The Hall–Kier alpha value is -1.23. The molecule has 2 rings (SSSR count). The number of piperidine rings is 1. The van der Waals surface area contributed by atoms with Crippen molar-refractivity contribution in [2.24, 2.45) is 0 Å². The SMILES string of the molecule is O=C1CCCC(=O)N1Cc1cc(Br)ccc1F. The summed E-state index contributed by atoms with van der Waals surface area (Å²) in [6.07, 6.45) is 1.32. The molecule has 0 atom stereocenters. The van der Waals surface area contributed by atoms with Crippen molar-refractivity contribution in [3.63, 3.8) is 0 Å². The van der Waals surface area contributed by atoms with Gasteiger partial charge in [0.1, 0.15) is 5.82 Å². The number of nitrogens with zero attached hydrogens (tertiary/aromatic N) is 1. The molecule has 0 radical (unpaired) electrons. The van der Waals surface area contributed by atoms with Crippen molar-refractivity contribution in [3.05, 3.63) is 34.1 Å². The molecule has 1 aliphatic rings. The van der Waals surface area contributed by atoms with Gasteiger partial charge in [-0.2, -0.15) is 0 Å². The summed E-state index contributed by atoms with van der Waals surface area (Å²) in [6, 6.07) is 4.49. The van der Waals surface area contributed by atoms with E-state index in [1.165, 1.54) is 6.07 Å². The first-order chi connectivity index (χ1) is 8.08. The predicted octanol–water partition coefficient (Wildman–Crippen LogP) is 2.63. The Morgan fingerprint density at radius 2 is 1.88 bits per heavy atom. The molecule has 0 aromatic heterocycles. The fourth-order valence-corrected chi connectivity index (χ4v) is 2.22. The minimum atomic E-state index is -0.403. The van der Waals surface area contributed by atoms with Crippen molar-refractivity contribution in [2.75, 3.05) is 0 Å². The lowest BCUT2D eigenvalue weighted by Gasteiger charge is -2.25. The summed E-state index contributed by atoms with van der Waals surface area (Å²) >= 11 is 3.24. The molecule has 17 heavy (non-hydrogen) atoms. The number of hydrogen-bond acceptors (Lipinski definition) is 2. The summed E-state index contributed by atoms with van der Waals surface area (Å²) in [6.45, 7) is 0.0168. The second-order valence-electron chi connectivity index (χ2n) is 3.96. The van der Waals surface area contributed by atoms with Crippen LogP contribution in [0, 0.1) is 5.82 Å². The van der Waals surface area contributed by atoms with E-state index in [1.807, 2.05) is 0 Å². The molecule has 1 heterocycles. The van der Waals surface area contributed by atoms with Crippen molar-refractivity contribution in [2.45, 2.75) is 25.8 Å². The first-order valence-corrected chi connectivity index (χ1v) is 6.14. The van der Waals surface area contributed by atoms with E-state index >= 15 is 0 Å². The lowest BCUT2D eigenvalue weighted by atomic mass is 10.1. The second-order valence-corrected chi connectivity index (χ2v) is 4.88. The topological polar surface area (TPSA) is 37.4 Å². The molecule has 0 saturated carbocycles. The van der Waals surface area contributed by atoms with E-state index in [4.69, 9.17) is 0 Å². The Kier molecular flexibility index (Phi) is 3.57. The predicted molar refractivity (Wildman–Crippen MR) is 63.5 cm³/mol. The Labute approximate surface area is 107 Å². The van der Waals surface area contributed by atoms with Crippen LogP contribution in [0.25, 0.3) is 0 Å². The number of carbonyl (C=O) groups is 2. The third kappa shape index (κ3) is 2.72. The van der Waals surface area contributed by atoms with Gasteiger partial charge in [-0.25, -0.2) is 4.39 Å². The van der Waals surface area contributed by atoms with Gasteiger partial charge in [0.15, 0.2) is 0 Å². The zero-order chi connectivity index (χ0) is 12.4. The summed E-state index contributed by atoms with van der Waals surface area (Å²) in [5.41, 5.74) is 0.350. The van der Waals surface area contributed by atoms with Gasteiger partial charge >= 0.3 is 0 Å². The molecule has 2 amide bonds. The maximum Gasteiger partial charge on any atom is 0.229 e. The maximum absolute atomic E-state index is 13.5. The van der Waals surface area contributed by atoms with E-state index in [9.17, 15) is 14.0 Å². The summed E-state index contributed by atoms with van der Waals surface area (Å²) in [7, 11) is 0. The quantitative estimate of drug-likeness (QED) is 0.787. The molecule has 1 saturated heterocycles. The van der Waals surface area contributed by atoms with Crippen LogP contribution in [0.15, 0.2) is 22.7 Å². The molecule has 1 aromatic carbocycles. The normalized spacial score (nSPS) is 16.5. The van der Waals surface area contributed by atoms with Crippen LogP contribution in [-0.2, 0) is 16.1 Å². The molecule has 1 aliphatic heterocycles. The van der Waals surface area contributed by atoms with Crippen LogP contribution in [0.3, 0.4) is 0 Å². The van der Waals surface area contributed by atoms with Crippen molar-refractivity contribution in [1.82, 2.24) is 4.90 Å². The highest BCUT2D eigenvalue weighted by Crippen LogP contribution is 2.20. The van der Waals surface area contributed by atoms with Gasteiger partial charge in [0.2, 0.25) is 11.8 Å². The lowest BCUT2D eigenvalue weighted by molar-refractivity contribution is -0.148. The van der Waals surface area contributed by atoms with E-state index < -0.39 is 5.82 Å². The highest BCUT2D eigenvalue weighted by Gasteiger charge is 2.26. The van der Waals surface area contributed by atoms with Crippen LogP contribution in [-0.4, -0.2) is 16.7 Å². The molecule has 0 bridgehead atoms. The molecule has 1 fully saturated rings. The highest BCUT2D eigenvalue weighted by molar-refractivity contribution is 9.10. The van der Waals surface area contributed by atoms with Crippen LogP contribution >= 0.6 is 15.9 Å². The third-order valence-electron chi connectivity index (χ3n) is 2.72. The first-order valence-electron chi connectivity index (χ1n) is 5.35. The van der Waals surface area contributed by atoms with Crippen LogP contribution in [0.1, 0.15) is 24.8 Å². The molecular formula is C12H11BrFNO2. The second kappa shape index (κ2) is 4.96. The number of carbonyl (C=O) groups excluding carboxylic acids is 2. The van der Waals surface area contributed by atoms with Gasteiger partial charge in [-0.05, 0) is 24.6 Å². The van der Waals surface area contributed by atoms with E-state index in [0.29, 0.717) is 24.8 Å². The zero-order valence-electron chi connectivity index (χ0n) is 9.08. The van der Waals surface area contributed by atoms with Crippen molar-refractivity contribution in [3.8, 4) is 0 Å². The smallest absolute Gasteiger partial charge is 0.229 e. The summed E-state index contributed by atoms with van der Waals surface area (Å²) < 4.78 is 14.2. The average Bonchev–Trinajstić information content (AvgIpc) is 2.28. The molecule has 5 heteroatoms. The van der Waals surface area contributed by atoms with E-state index in [2.05, 4.69) is 15.9 Å². The monoisotopic (exact) mass is 299 g/mol. The Morgan fingerprint density at radius 3 is 2.53 bits per heavy atom. The molecular weight excluding hydrogens is 289 g/mol. The van der Waals surface area contributed by atoms with Gasteiger partial charge in [0.25, 0.3) is 0 Å². The fourth-order valence-electron chi connectivity index (χ4n) is 1.81. The standard InChI is InChI=1S/C12H11BrFNO2/c13-9-4-5-10(14)8(6-9)7-15-11(16)2-1-3-12(15)17/h4-6H,1-3,7H2. The van der Waals surface area contributed by atoms with Gasteiger partial charge < -0.3 is 0 Å². The summed E-state index contributed by atoms with van der Waals surface area (Å²) in [5, 5.41) is 0. The molecule has 0 N–H and O–H groups in total. The number of likely N-dealkylation sites (tertiary alicyclic amines) is 1. The molecule has 0 unspecified atom stereocenters. The molecule has 0 spiro atoms. The summed E-state index contributed by atoms with van der Waals surface area (Å²) in [4.78, 5) is 24.3. The fraction of sp³-hybridized carbons (Fsp3) is 0.333. The van der Waals surface area contributed by atoms with Crippen LogP contribution in [0.4, 0.5) is 4.39 Å². The van der Waals surface area contributed by atoms with Gasteiger partial charge in [-0.15, -0.1) is 0 Å². The van der Waals surface area contributed by atoms with Crippen LogP contribution in [0.2, 0.25) is 0 Å². The summed E-state index contributed by atoms with van der Waals surface area (Å²) in [5.74, 6) is -0.847. The zero-order valence-corrected chi connectivity index (χ0v) is 10.7. The third-order valence-corrected chi connectivity index (χ3v) is 3.21. The maximum atomic E-state index is 13.5. The number of rotatable bonds is 2. The van der Waals surface area contributed by atoms with Crippen molar-refractivity contribution >= 4 is 27.7 Å². The van der Waals surface area contributed by atoms with Gasteiger partial charge in [-0.1, -0.05) is 15.9 Å². The lowest BCUT2D eigenvalue weighted by Crippen LogP contribution is -2.39. The molecule has 1 aromatic rings. The molecule has 90 valence electrons. The van der Waals surface area contributed by atoms with Gasteiger partial charge in [0.05, 0.1) is 6.54 Å². The van der Waals surface area contributed by atoms with Gasteiger partial charge in [0, 0.05) is 22.9 Å². The Bertz CT molecular complexity index is 460. The van der Waals surface area contributed by atoms with Crippen LogP contribution in [0.5, 0.6) is 0 Å². The number of imide groups is 1. The number of amides is 2. The van der Waals surface area contributed by atoms with E-state index in [1.54, 1.807) is 12.1 Å².